The number of aromatic nitrogens is 2. The number of pyridine rings is 2. The standard InChI is InChI=1S/C25H20F2N4O3/c26-17-8-16(11-29-12-17)14-3-4-21-18(9-14)25(5-7-33-24(28)31-25)19-10-20(15-2-1-6-32-13-15)30-23(27)22(19)34-21/h2-4,8-12H,1,5-7,13H2,(H2,28,31)/t25-/m1/s1. The SMILES string of the molecule is NC1=N[C@]2(CCO1)c1cc(-c3cncc(F)c3)ccc1Oc1c2cc(C2=CCCOC2)nc1F. The fourth-order valence-corrected chi connectivity index (χ4v) is 4.72. The first-order valence-corrected chi connectivity index (χ1v) is 10.9. The lowest BCUT2D eigenvalue weighted by Crippen LogP contribution is -2.39. The molecule has 3 aliphatic heterocycles. The molecule has 0 aliphatic carbocycles. The van der Waals surface area contributed by atoms with Crippen LogP contribution in [0.25, 0.3) is 16.7 Å². The van der Waals surface area contributed by atoms with Gasteiger partial charge in [0.25, 0.3) is 12.0 Å². The quantitative estimate of drug-likeness (QED) is 0.571. The Morgan fingerprint density at radius 1 is 1.00 bits per heavy atom. The molecule has 0 bridgehead atoms. The number of amidine groups is 1. The number of fused-ring (bicyclic) bond motifs is 4. The minimum Gasteiger partial charge on any atom is -0.465 e. The molecule has 9 heteroatoms. The summed E-state index contributed by atoms with van der Waals surface area (Å²) in [7, 11) is 0. The summed E-state index contributed by atoms with van der Waals surface area (Å²) in [6.45, 7) is 1.25. The maximum absolute atomic E-state index is 15.3. The lowest BCUT2D eigenvalue weighted by Gasteiger charge is -2.39. The van der Waals surface area contributed by atoms with E-state index < -0.39 is 17.3 Å². The summed E-state index contributed by atoms with van der Waals surface area (Å²) in [6, 6.07) is 8.54. The van der Waals surface area contributed by atoms with Gasteiger partial charge in [0.1, 0.15) is 17.1 Å². The maximum atomic E-state index is 15.3. The average molecular weight is 462 g/mol. The molecule has 1 atom stereocenters. The third-order valence-electron chi connectivity index (χ3n) is 6.31. The molecule has 5 heterocycles. The number of hydrogen-bond donors (Lipinski definition) is 1. The number of rotatable bonds is 2. The van der Waals surface area contributed by atoms with Crippen LogP contribution in [-0.4, -0.2) is 35.8 Å². The van der Waals surface area contributed by atoms with Crippen LogP contribution in [0.2, 0.25) is 0 Å². The summed E-state index contributed by atoms with van der Waals surface area (Å²) < 4.78 is 46.2. The van der Waals surface area contributed by atoms with E-state index in [1.807, 2.05) is 12.1 Å². The van der Waals surface area contributed by atoms with E-state index in [0.717, 1.165) is 23.8 Å². The second kappa shape index (κ2) is 7.88. The van der Waals surface area contributed by atoms with Crippen LogP contribution in [0.4, 0.5) is 8.78 Å². The van der Waals surface area contributed by atoms with Crippen molar-refractivity contribution in [2.45, 2.75) is 18.4 Å². The topological polar surface area (TPSA) is 91.9 Å². The van der Waals surface area contributed by atoms with Crippen molar-refractivity contribution in [1.82, 2.24) is 9.97 Å². The summed E-state index contributed by atoms with van der Waals surface area (Å²) in [4.78, 5) is 12.8. The van der Waals surface area contributed by atoms with Gasteiger partial charge in [0.2, 0.25) is 0 Å². The average Bonchev–Trinajstić information content (AvgIpc) is 2.85. The molecule has 0 unspecified atom stereocenters. The van der Waals surface area contributed by atoms with E-state index in [-0.39, 0.29) is 18.4 Å². The molecule has 7 nitrogen and oxygen atoms in total. The Morgan fingerprint density at radius 3 is 2.71 bits per heavy atom. The maximum Gasteiger partial charge on any atom is 0.283 e. The number of halogens is 2. The Bertz CT molecular complexity index is 1370. The first-order chi connectivity index (χ1) is 16.5. The molecule has 2 N–H and O–H groups in total. The molecule has 0 saturated carbocycles. The van der Waals surface area contributed by atoms with Crippen LogP contribution in [-0.2, 0) is 15.0 Å². The van der Waals surface area contributed by atoms with Gasteiger partial charge < -0.3 is 19.9 Å². The Labute approximate surface area is 193 Å². The molecule has 0 amide bonds. The zero-order valence-corrected chi connectivity index (χ0v) is 18.1. The normalized spacial score (nSPS) is 21.0. The molecule has 0 radical (unpaired) electrons. The minimum atomic E-state index is -1.06. The number of aliphatic imine (C=N–C) groups is 1. The monoisotopic (exact) mass is 462 g/mol. The zero-order valence-electron chi connectivity index (χ0n) is 18.1. The van der Waals surface area contributed by atoms with Crippen molar-refractivity contribution in [1.29, 1.82) is 0 Å². The fourth-order valence-electron chi connectivity index (χ4n) is 4.72. The third-order valence-corrected chi connectivity index (χ3v) is 6.31. The second-order valence-electron chi connectivity index (χ2n) is 8.36. The van der Waals surface area contributed by atoms with Gasteiger partial charge >= 0.3 is 0 Å². The first-order valence-electron chi connectivity index (χ1n) is 10.9. The van der Waals surface area contributed by atoms with Crippen LogP contribution in [0.3, 0.4) is 0 Å². The van der Waals surface area contributed by atoms with E-state index in [1.54, 1.807) is 24.4 Å². The highest BCUT2D eigenvalue weighted by molar-refractivity contribution is 5.77. The number of hydrogen-bond acceptors (Lipinski definition) is 7. The molecule has 3 aromatic rings. The Balaban J connectivity index is 1.58. The minimum absolute atomic E-state index is 0.00172. The van der Waals surface area contributed by atoms with Gasteiger partial charge in [-0.1, -0.05) is 12.1 Å². The van der Waals surface area contributed by atoms with E-state index >= 15 is 4.39 Å². The van der Waals surface area contributed by atoms with Gasteiger partial charge in [0, 0.05) is 29.3 Å². The molecule has 1 spiro atoms. The molecule has 2 aromatic heterocycles. The molecule has 0 saturated heterocycles. The van der Waals surface area contributed by atoms with Crippen molar-refractivity contribution in [3.05, 3.63) is 77.4 Å². The van der Waals surface area contributed by atoms with E-state index in [1.165, 1.54) is 6.07 Å². The van der Waals surface area contributed by atoms with Crippen molar-refractivity contribution < 1.29 is 23.0 Å². The van der Waals surface area contributed by atoms with Gasteiger partial charge in [0.15, 0.2) is 5.75 Å². The van der Waals surface area contributed by atoms with Crippen molar-refractivity contribution >= 4 is 11.6 Å². The van der Waals surface area contributed by atoms with Crippen LogP contribution >= 0.6 is 0 Å². The molecular weight excluding hydrogens is 442 g/mol. The lowest BCUT2D eigenvalue weighted by molar-refractivity contribution is 0.164. The van der Waals surface area contributed by atoms with Crippen molar-refractivity contribution in [3.63, 3.8) is 0 Å². The number of nitrogens with zero attached hydrogens (tertiary/aromatic N) is 3. The highest BCUT2D eigenvalue weighted by atomic mass is 19.1. The highest BCUT2D eigenvalue weighted by Gasteiger charge is 2.46. The van der Waals surface area contributed by atoms with E-state index in [4.69, 9.17) is 24.9 Å². The molecule has 1 aromatic carbocycles. The smallest absolute Gasteiger partial charge is 0.283 e. The number of ether oxygens (including phenoxy) is 3. The Hall–Kier alpha value is -3.85. The molecule has 6 rings (SSSR count). The van der Waals surface area contributed by atoms with Crippen LogP contribution in [0, 0.1) is 11.8 Å². The zero-order chi connectivity index (χ0) is 23.3. The molecular formula is C25H20F2N4O3. The molecule has 3 aliphatic rings. The molecule has 0 fully saturated rings. The van der Waals surface area contributed by atoms with Gasteiger partial charge in [-0.05, 0) is 41.8 Å². The largest absolute Gasteiger partial charge is 0.465 e. The van der Waals surface area contributed by atoms with Crippen LogP contribution in [0.1, 0.15) is 29.7 Å². The van der Waals surface area contributed by atoms with E-state index in [2.05, 4.69) is 9.97 Å². The number of benzene rings is 1. The molecule has 172 valence electrons. The van der Waals surface area contributed by atoms with E-state index in [0.29, 0.717) is 47.8 Å². The summed E-state index contributed by atoms with van der Waals surface area (Å²) in [5.41, 5.74) is 8.74. The van der Waals surface area contributed by atoms with Gasteiger partial charge in [-0.3, -0.25) is 4.98 Å². The predicted molar refractivity (Wildman–Crippen MR) is 120 cm³/mol. The summed E-state index contributed by atoms with van der Waals surface area (Å²) >= 11 is 0. The van der Waals surface area contributed by atoms with Crippen molar-refractivity contribution in [3.8, 4) is 22.6 Å². The van der Waals surface area contributed by atoms with Crippen molar-refractivity contribution in [2.75, 3.05) is 19.8 Å². The third kappa shape index (κ3) is 3.31. The first kappa shape index (κ1) is 20.7. The lowest BCUT2D eigenvalue weighted by atomic mass is 9.77. The summed E-state index contributed by atoms with van der Waals surface area (Å²) in [5.74, 6) is -0.747. The van der Waals surface area contributed by atoms with Crippen LogP contribution in [0.15, 0.2) is 53.8 Å². The predicted octanol–water partition coefficient (Wildman–Crippen LogP) is 4.31. The second-order valence-corrected chi connectivity index (χ2v) is 8.36. The van der Waals surface area contributed by atoms with E-state index in [9.17, 15) is 4.39 Å². The molecule has 34 heavy (non-hydrogen) atoms. The number of nitrogens with two attached hydrogens (primary N) is 1. The summed E-state index contributed by atoms with van der Waals surface area (Å²) in [5, 5.41) is 0. The highest BCUT2D eigenvalue weighted by Crippen LogP contribution is 2.53. The van der Waals surface area contributed by atoms with Crippen LogP contribution < -0.4 is 10.5 Å². The van der Waals surface area contributed by atoms with Gasteiger partial charge in [-0.15, -0.1) is 0 Å². The van der Waals surface area contributed by atoms with Crippen molar-refractivity contribution in [2.24, 2.45) is 10.7 Å². The Morgan fingerprint density at radius 2 is 1.91 bits per heavy atom. The van der Waals surface area contributed by atoms with Gasteiger partial charge in [0.05, 0.1) is 31.7 Å². The van der Waals surface area contributed by atoms with Gasteiger partial charge in [-0.2, -0.15) is 4.39 Å². The van der Waals surface area contributed by atoms with Crippen LogP contribution in [0.5, 0.6) is 11.5 Å². The Kier molecular flexibility index (Phi) is 4.80. The summed E-state index contributed by atoms with van der Waals surface area (Å²) in [6.07, 6.45) is 5.85. The van der Waals surface area contributed by atoms with Gasteiger partial charge in [-0.25, -0.2) is 14.4 Å². The fraction of sp³-hybridized carbons (Fsp3) is 0.240.